The van der Waals surface area contributed by atoms with Crippen molar-refractivity contribution in [2.75, 3.05) is 0 Å². The van der Waals surface area contributed by atoms with Crippen LogP contribution in [0.25, 0.3) is 23.0 Å². The molecule has 0 spiro atoms. The minimum absolute atomic E-state index is 0.0155. The van der Waals surface area contributed by atoms with E-state index in [1.165, 1.54) is 0 Å². The number of ether oxygens (including phenoxy) is 1. The summed E-state index contributed by atoms with van der Waals surface area (Å²) in [6, 6.07) is 18.0. The van der Waals surface area contributed by atoms with Gasteiger partial charge in [-0.2, -0.15) is 4.98 Å². The van der Waals surface area contributed by atoms with Gasteiger partial charge in [-0.05, 0) is 29.8 Å². The van der Waals surface area contributed by atoms with Crippen LogP contribution in [-0.4, -0.2) is 19.7 Å². The Hall–Kier alpha value is -2.77. The Balaban J connectivity index is 1.42. The van der Waals surface area contributed by atoms with Gasteiger partial charge in [-0.15, -0.1) is 0 Å². The Morgan fingerprint density at radius 1 is 1.04 bits per heavy atom. The molecule has 6 nitrogen and oxygen atoms in total. The van der Waals surface area contributed by atoms with Crippen molar-refractivity contribution in [1.82, 2.24) is 19.7 Å². The van der Waals surface area contributed by atoms with E-state index in [0.717, 1.165) is 21.3 Å². The number of hydrogen-bond donors (Lipinski definition) is 0. The van der Waals surface area contributed by atoms with Crippen LogP contribution in [0.15, 0.2) is 69.9 Å². The van der Waals surface area contributed by atoms with Crippen molar-refractivity contribution in [3.05, 3.63) is 76.7 Å². The normalized spacial score (nSPS) is 16.3. The van der Waals surface area contributed by atoms with E-state index in [9.17, 15) is 0 Å². The Kier molecular flexibility index (Phi) is 4.10. The Labute approximate surface area is 163 Å². The molecule has 4 aromatic rings. The number of fused-ring (bicyclic) bond motifs is 1. The molecule has 7 heteroatoms. The number of imidazole rings is 1. The smallest absolute Gasteiger partial charge is 0.278 e. The van der Waals surface area contributed by atoms with E-state index >= 15 is 0 Å². The van der Waals surface area contributed by atoms with Crippen LogP contribution >= 0.6 is 15.9 Å². The Bertz CT molecular complexity index is 1070. The van der Waals surface area contributed by atoms with Crippen molar-refractivity contribution in [2.45, 2.75) is 19.3 Å². The van der Waals surface area contributed by atoms with Gasteiger partial charge in [0.25, 0.3) is 5.89 Å². The van der Waals surface area contributed by atoms with Crippen LogP contribution in [0.3, 0.4) is 0 Å². The predicted molar refractivity (Wildman–Crippen MR) is 103 cm³/mol. The molecule has 0 bridgehead atoms. The number of nitrogens with zero attached hydrogens (tertiary/aromatic N) is 4. The zero-order valence-corrected chi connectivity index (χ0v) is 15.8. The van der Waals surface area contributed by atoms with Gasteiger partial charge in [-0.25, -0.2) is 4.98 Å². The standard InChI is InChI=1S/C20H15BrN4O2/c21-15-8-6-14(7-9-15)19-23-20(27-24-19)18-16-11-26-17(10-25(16)12-22-18)13-4-2-1-3-5-13/h1-9,12,17H,10-11H2/t17-/m1/s1. The number of rotatable bonds is 3. The monoisotopic (exact) mass is 422 g/mol. The van der Waals surface area contributed by atoms with Crippen molar-refractivity contribution in [1.29, 1.82) is 0 Å². The first-order valence-corrected chi connectivity index (χ1v) is 9.38. The summed E-state index contributed by atoms with van der Waals surface area (Å²) in [7, 11) is 0. The number of aromatic nitrogens is 4. The van der Waals surface area contributed by atoms with Gasteiger partial charge in [0.15, 0.2) is 5.69 Å². The average Bonchev–Trinajstić information content (AvgIpc) is 3.35. The highest BCUT2D eigenvalue weighted by Gasteiger charge is 2.26. The zero-order valence-electron chi connectivity index (χ0n) is 14.2. The van der Waals surface area contributed by atoms with Crippen LogP contribution in [0.4, 0.5) is 0 Å². The number of hydrogen-bond acceptors (Lipinski definition) is 5. The van der Waals surface area contributed by atoms with E-state index in [-0.39, 0.29) is 6.10 Å². The molecule has 0 fully saturated rings. The molecule has 0 aliphatic carbocycles. The van der Waals surface area contributed by atoms with Gasteiger partial charge in [0, 0.05) is 10.0 Å². The van der Waals surface area contributed by atoms with Gasteiger partial charge in [-0.3, -0.25) is 0 Å². The zero-order chi connectivity index (χ0) is 18.2. The molecule has 1 aliphatic rings. The fourth-order valence-corrected chi connectivity index (χ4v) is 3.48. The highest BCUT2D eigenvalue weighted by Crippen LogP contribution is 2.31. The highest BCUT2D eigenvalue weighted by molar-refractivity contribution is 9.10. The van der Waals surface area contributed by atoms with Gasteiger partial charge in [0.2, 0.25) is 5.82 Å². The van der Waals surface area contributed by atoms with Crippen molar-refractivity contribution in [3.63, 3.8) is 0 Å². The fraction of sp³-hybridized carbons (Fsp3) is 0.150. The first kappa shape index (κ1) is 16.4. The molecule has 0 unspecified atom stereocenters. The molecular weight excluding hydrogens is 408 g/mol. The third-order valence-corrected chi connectivity index (χ3v) is 5.16. The van der Waals surface area contributed by atoms with E-state index in [4.69, 9.17) is 9.26 Å². The molecule has 27 heavy (non-hydrogen) atoms. The summed E-state index contributed by atoms with van der Waals surface area (Å²) in [4.78, 5) is 9.01. The summed E-state index contributed by atoms with van der Waals surface area (Å²) in [6.07, 6.45) is 1.83. The maximum absolute atomic E-state index is 6.06. The molecule has 2 aromatic carbocycles. The minimum atomic E-state index is 0.0155. The summed E-state index contributed by atoms with van der Waals surface area (Å²) >= 11 is 3.43. The first-order chi connectivity index (χ1) is 13.3. The second-order valence-corrected chi connectivity index (χ2v) is 7.25. The summed E-state index contributed by atoms with van der Waals surface area (Å²) in [5.41, 5.74) is 3.68. The quantitative estimate of drug-likeness (QED) is 0.481. The van der Waals surface area contributed by atoms with Gasteiger partial charge in [0.05, 0.1) is 25.2 Å². The van der Waals surface area contributed by atoms with Gasteiger partial charge in [0.1, 0.15) is 6.10 Å². The van der Waals surface area contributed by atoms with Crippen LogP contribution in [-0.2, 0) is 17.9 Å². The molecule has 0 amide bonds. The van der Waals surface area contributed by atoms with Crippen molar-refractivity contribution in [3.8, 4) is 23.0 Å². The minimum Gasteiger partial charge on any atom is -0.365 e. The molecule has 2 aromatic heterocycles. The summed E-state index contributed by atoms with van der Waals surface area (Å²) in [5.74, 6) is 0.946. The van der Waals surface area contributed by atoms with E-state index in [2.05, 4.69) is 47.8 Å². The molecule has 0 N–H and O–H groups in total. The lowest BCUT2D eigenvalue weighted by molar-refractivity contribution is 0.00330. The topological polar surface area (TPSA) is 66.0 Å². The number of halogens is 1. The largest absolute Gasteiger partial charge is 0.365 e. The average molecular weight is 423 g/mol. The molecule has 1 atom stereocenters. The molecule has 0 saturated carbocycles. The van der Waals surface area contributed by atoms with E-state index in [0.29, 0.717) is 30.6 Å². The lowest BCUT2D eigenvalue weighted by Gasteiger charge is -2.25. The third kappa shape index (κ3) is 3.09. The molecule has 1 aliphatic heterocycles. The molecule has 0 radical (unpaired) electrons. The van der Waals surface area contributed by atoms with Gasteiger partial charge >= 0.3 is 0 Å². The molecule has 134 valence electrons. The van der Waals surface area contributed by atoms with Gasteiger partial charge in [-0.1, -0.05) is 51.4 Å². The summed E-state index contributed by atoms with van der Waals surface area (Å²) < 4.78 is 14.6. The maximum Gasteiger partial charge on any atom is 0.278 e. The lowest BCUT2D eigenvalue weighted by Crippen LogP contribution is -2.20. The maximum atomic E-state index is 6.06. The van der Waals surface area contributed by atoms with Crippen LogP contribution < -0.4 is 0 Å². The predicted octanol–water partition coefficient (Wildman–Crippen LogP) is 4.63. The lowest BCUT2D eigenvalue weighted by atomic mass is 10.1. The van der Waals surface area contributed by atoms with E-state index in [1.807, 2.05) is 48.8 Å². The first-order valence-electron chi connectivity index (χ1n) is 8.58. The molecule has 0 saturated heterocycles. The summed E-state index contributed by atoms with van der Waals surface area (Å²) in [6.45, 7) is 1.16. The second kappa shape index (κ2) is 6.75. The van der Waals surface area contributed by atoms with Crippen LogP contribution in [0.2, 0.25) is 0 Å². The highest BCUT2D eigenvalue weighted by atomic mass is 79.9. The van der Waals surface area contributed by atoms with Crippen molar-refractivity contribution in [2.24, 2.45) is 0 Å². The van der Waals surface area contributed by atoms with E-state index in [1.54, 1.807) is 0 Å². The van der Waals surface area contributed by atoms with E-state index < -0.39 is 0 Å². The summed E-state index contributed by atoms with van der Waals surface area (Å²) in [5, 5.41) is 4.09. The Morgan fingerprint density at radius 2 is 1.85 bits per heavy atom. The second-order valence-electron chi connectivity index (χ2n) is 6.33. The van der Waals surface area contributed by atoms with Crippen LogP contribution in [0.5, 0.6) is 0 Å². The van der Waals surface area contributed by atoms with Crippen LogP contribution in [0, 0.1) is 0 Å². The third-order valence-electron chi connectivity index (χ3n) is 4.63. The number of benzene rings is 2. The van der Waals surface area contributed by atoms with Crippen molar-refractivity contribution >= 4 is 15.9 Å². The van der Waals surface area contributed by atoms with Gasteiger partial charge < -0.3 is 13.8 Å². The van der Waals surface area contributed by atoms with Crippen molar-refractivity contribution < 1.29 is 9.26 Å². The molecule has 3 heterocycles. The Morgan fingerprint density at radius 3 is 2.67 bits per heavy atom. The van der Waals surface area contributed by atoms with Crippen LogP contribution in [0.1, 0.15) is 17.4 Å². The SMILES string of the molecule is Brc1ccc(-c2noc(-c3ncn4c3CO[C@@H](c3ccccc3)C4)n2)cc1. The molecular formula is C20H15BrN4O2. The fourth-order valence-electron chi connectivity index (χ4n) is 3.21. The molecule has 5 rings (SSSR count).